The van der Waals surface area contributed by atoms with Crippen molar-refractivity contribution in [3.63, 3.8) is 0 Å². The van der Waals surface area contributed by atoms with Gasteiger partial charge in [-0.25, -0.2) is 4.79 Å². The van der Waals surface area contributed by atoms with Crippen molar-refractivity contribution in [1.29, 1.82) is 0 Å². The van der Waals surface area contributed by atoms with Crippen LogP contribution in [0.5, 0.6) is 0 Å². The minimum Gasteiger partial charge on any atom is -0.378 e. The molecule has 8 nitrogen and oxygen atoms in total. The van der Waals surface area contributed by atoms with Crippen LogP contribution in [0.3, 0.4) is 0 Å². The van der Waals surface area contributed by atoms with Crippen LogP contribution in [0.1, 0.15) is 19.8 Å². The zero-order chi connectivity index (χ0) is 15.2. The number of carbonyl (C=O) groups is 4. The summed E-state index contributed by atoms with van der Waals surface area (Å²) < 4.78 is 5.18. The quantitative estimate of drug-likeness (QED) is 0.666. The molecule has 21 heavy (non-hydrogen) atoms. The van der Waals surface area contributed by atoms with Crippen LogP contribution in [0.25, 0.3) is 0 Å². The summed E-state index contributed by atoms with van der Waals surface area (Å²) in [6, 6.07) is -1.72. The van der Waals surface area contributed by atoms with Crippen molar-refractivity contribution in [3.8, 4) is 0 Å². The van der Waals surface area contributed by atoms with Crippen LogP contribution < -0.4 is 5.32 Å². The van der Waals surface area contributed by atoms with Gasteiger partial charge in [0, 0.05) is 13.1 Å². The predicted molar refractivity (Wildman–Crippen MR) is 68.9 cm³/mol. The molecule has 1 aliphatic carbocycles. The molecule has 5 amide bonds. The van der Waals surface area contributed by atoms with Gasteiger partial charge < -0.3 is 9.64 Å². The van der Waals surface area contributed by atoms with Gasteiger partial charge in [0.25, 0.3) is 0 Å². The van der Waals surface area contributed by atoms with E-state index in [0.717, 1.165) is 4.90 Å². The largest absolute Gasteiger partial charge is 0.378 e. The summed E-state index contributed by atoms with van der Waals surface area (Å²) in [4.78, 5) is 51.0. The number of nitrogens with zero attached hydrogens (tertiary/aromatic N) is 2. The van der Waals surface area contributed by atoms with Crippen LogP contribution in [0, 0.1) is 5.41 Å². The fourth-order valence-corrected chi connectivity index (χ4v) is 2.77. The van der Waals surface area contributed by atoms with E-state index in [2.05, 4.69) is 5.32 Å². The highest BCUT2D eigenvalue weighted by Crippen LogP contribution is 2.49. The first-order valence-electron chi connectivity index (χ1n) is 7.03. The number of ether oxygens (including phenoxy) is 1. The van der Waals surface area contributed by atoms with Crippen LogP contribution >= 0.6 is 0 Å². The maximum Gasteiger partial charge on any atom is 0.331 e. The monoisotopic (exact) mass is 295 g/mol. The van der Waals surface area contributed by atoms with Gasteiger partial charge >= 0.3 is 6.03 Å². The predicted octanol–water partition coefficient (Wildman–Crippen LogP) is -0.908. The van der Waals surface area contributed by atoms with E-state index in [1.54, 1.807) is 4.90 Å². The summed E-state index contributed by atoms with van der Waals surface area (Å²) in [5.41, 5.74) is -1.12. The minimum absolute atomic E-state index is 0.299. The SMILES string of the molecule is CC(C(=O)N1CCOCC1)N1C(=O)NC(=O)C2(CC2)C1=O. The molecule has 3 fully saturated rings. The van der Waals surface area contributed by atoms with Crippen molar-refractivity contribution in [2.45, 2.75) is 25.8 Å². The van der Waals surface area contributed by atoms with E-state index in [9.17, 15) is 19.2 Å². The smallest absolute Gasteiger partial charge is 0.331 e. The molecule has 0 aromatic rings. The van der Waals surface area contributed by atoms with E-state index in [0.29, 0.717) is 39.1 Å². The summed E-state index contributed by atoms with van der Waals surface area (Å²) in [6.07, 6.45) is 0.861. The molecule has 1 spiro atoms. The minimum atomic E-state index is -1.12. The molecular formula is C13H17N3O5. The molecule has 1 unspecified atom stereocenters. The first-order valence-corrected chi connectivity index (χ1v) is 7.03. The van der Waals surface area contributed by atoms with Gasteiger partial charge in [-0.15, -0.1) is 0 Å². The van der Waals surface area contributed by atoms with Crippen LogP contribution in [0.2, 0.25) is 0 Å². The summed E-state index contributed by atoms with van der Waals surface area (Å²) in [7, 11) is 0. The standard InChI is InChI=1S/C13H17N3O5/c1-8(9(17)15-4-6-21-7-5-15)16-11(19)13(2-3-13)10(18)14-12(16)20/h8H,2-7H2,1H3,(H,14,18,20). The lowest BCUT2D eigenvalue weighted by molar-refractivity contribution is -0.152. The van der Waals surface area contributed by atoms with Gasteiger partial charge in [-0.05, 0) is 19.8 Å². The average Bonchev–Trinajstić information content (AvgIpc) is 3.27. The Morgan fingerprint density at radius 2 is 1.86 bits per heavy atom. The zero-order valence-corrected chi connectivity index (χ0v) is 11.8. The van der Waals surface area contributed by atoms with E-state index in [4.69, 9.17) is 4.74 Å². The van der Waals surface area contributed by atoms with E-state index < -0.39 is 29.3 Å². The number of imide groups is 2. The van der Waals surface area contributed by atoms with Gasteiger partial charge in [0.05, 0.1) is 13.2 Å². The van der Waals surface area contributed by atoms with Crippen molar-refractivity contribution < 1.29 is 23.9 Å². The van der Waals surface area contributed by atoms with E-state index in [1.165, 1.54) is 6.92 Å². The Kier molecular flexibility index (Phi) is 3.20. The number of hydrogen-bond donors (Lipinski definition) is 1. The third-order valence-corrected chi connectivity index (χ3v) is 4.32. The number of carbonyl (C=O) groups excluding carboxylic acids is 4. The molecule has 0 aromatic carbocycles. The fraction of sp³-hybridized carbons (Fsp3) is 0.692. The Morgan fingerprint density at radius 1 is 1.24 bits per heavy atom. The number of rotatable bonds is 2. The second-order valence-corrected chi connectivity index (χ2v) is 5.63. The Hall–Kier alpha value is -1.96. The fourth-order valence-electron chi connectivity index (χ4n) is 2.77. The first-order chi connectivity index (χ1) is 9.97. The summed E-state index contributed by atoms with van der Waals surface area (Å²) in [6.45, 7) is 3.29. The van der Waals surface area contributed by atoms with Crippen molar-refractivity contribution >= 4 is 23.8 Å². The molecule has 114 valence electrons. The zero-order valence-electron chi connectivity index (χ0n) is 11.8. The van der Waals surface area contributed by atoms with Crippen LogP contribution in [-0.4, -0.2) is 65.9 Å². The van der Waals surface area contributed by atoms with Crippen LogP contribution in [-0.2, 0) is 19.1 Å². The summed E-state index contributed by atoms with van der Waals surface area (Å²) >= 11 is 0. The van der Waals surface area contributed by atoms with E-state index in [-0.39, 0.29) is 5.91 Å². The molecular weight excluding hydrogens is 278 g/mol. The second kappa shape index (κ2) is 4.80. The van der Waals surface area contributed by atoms with Gasteiger partial charge in [-0.3, -0.25) is 24.6 Å². The van der Waals surface area contributed by atoms with E-state index in [1.807, 2.05) is 0 Å². The van der Waals surface area contributed by atoms with Gasteiger partial charge in [-0.1, -0.05) is 0 Å². The molecule has 2 saturated heterocycles. The van der Waals surface area contributed by atoms with Crippen LogP contribution in [0.15, 0.2) is 0 Å². The van der Waals surface area contributed by atoms with Gasteiger partial charge in [0.15, 0.2) is 0 Å². The van der Waals surface area contributed by atoms with Crippen LogP contribution in [0.4, 0.5) is 4.79 Å². The maximum absolute atomic E-state index is 12.4. The molecule has 1 N–H and O–H groups in total. The average molecular weight is 295 g/mol. The van der Waals surface area contributed by atoms with E-state index >= 15 is 0 Å². The molecule has 1 atom stereocenters. The Morgan fingerprint density at radius 3 is 2.43 bits per heavy atom. The lowest BCUT2D eigenvalue weighted by Crippen LogP contribution is -2.64. The molecule has 1 saturated carbocycles. The number of barbiturate groups is 1. The number of amides is 5. The molecule has 2 heterocycles. The molecule has 0 bridgehead atoms. The normalized spacial score (nSPS) is 25.9. The second-order valence-electron chi connectivity index (χ2n) is 5.63. The van der Waals surface area contributed by atoms with Crippen molar-refractivity contribution in [1.82, 2.24) is 15.1 Å². The lowest BCUT2D eigenvalue weighted by Gasteiger charge is -2.36. The molecule has 0 aromatic heterocycles. The Balaban J connectivity index is 1.78. The molecule has 2 aliphatic heterocycles. The van der Waals surface area contributed by atoms with Crippen molar-refractivity contribution in [3.05, 3.63) is 0 Å². The number of urea groups is 1. The molecule has 8 heteroatoms. The topological polar surface area (TPSA) is 96.0 Å². The Labute approximate surface area is 121 Å². The third-order valence-electron chi connectivity index (χ3n) is 4.32. The highest BCUT2D eigenvalue weighted by molar-refractivity contribution is 6.21. The molecule has 3 rings (SSSR count). The third kappa shape index (κ3) is 2.10. The highest BCUT2D eigenvalue weighted by atomic mass is 16.5. The number of hydrogen-bond acceptors (Lipinski definition) is 5. The highest BCUT2D eigenvalue weighted by Gasteiger charge is 2.63. The van der Waals surface area contributed by atoms with Crippen molar-refractivity contribution in [2.75, 3.05) is 26.3 Å². The number of morpholine rings is 1. The van der Waals surface area contributed by atoms with Gasteiger partial charge in [0.2, 0.25) is 17.7 Å². The van der Waals surface area contributed by atoms with Gasteiger partial charge in [0.1, 0.15) is 11.5 Å². The molecule has 3 aliphatic rings. The molecule has 0 radical (unpaired) electrons. The lowest BCUT2D eigenvalue weighted by atomic mass is 10.0. The maximum atomic E-state index is 12.4. The summed E-state index contributed by atoms with van der Waals surface area (Å²) in [5, 5.41) is 2.18. The Bertz CT molecular complexity index is 522. The summed E-state index contributed by atoms with van der Waals surface area (Å²) in [5.74, 6) is -1.39. The van der Waals surface area contributed by atoms with Crippen molar-refractivity contribution in [2.24, 2.45) is 5.41 Å². The van der Waals surface area contributed by atoms with Gasteiger partial charge in [-0.2, -0.15) is 0 Å². The first kappa shape index (κ1) is 14.0. The number of nitrogens with one attached hydrogen (secondary N) is 1.